The van der Waals surface area contributed by atoms with Crippen LogP contribution in [0.5, 0.6) is 0 Å². The van der Waals surface area contributed by atoms with E-state index in [-0.39, 0.29) is 5.52 Å². The fourth-order valence-corrected chi connectivity index (χ4v) is 1.44. The van der Waals surface area contributed by atoms with E-state index in [1.165, 1.54) is 12.3 Å². The second kappa shape index (κ2) is 3.59. The van der Waals surface area contributed by atoms with Crippen LogP contribution >= 0.6 is 0 Å². The maximum absolute atomic E-state index is 12.3. The summed E-state index contributed by atoms with van der Waals surface area (Å²) in [5.74, 6) is -1.86. The molecule has 0 unspecified atom stereocenters. The Balaban J connectivity index is 2.66. The number of para-hydroxylation sites is 1. The Morgan fingerprint density at radius 3 is 2.50 bits per heavy atom. The number of carbonyl (C=O) groups is 1. The smallest absolute Gasteiger partial charge is 0.284 e. The van der Waals surface area contributed by atoms with Crippen LogP contribution in [0.25, 0.3) is 10.9 Å². The molecule has 0 aliphatic rings. The topological polar surface area (TPSA) is 30.0 Å². The van der Waals surface area contributed by atoms with E-state index in [9.17, 15) is 18.0 Å². The highest BCUT2D eigenvalue weighted by Crippen LogP contribution is 2.25. The number of alkyl halides is 3. The average Bonchev–Trinajstić information content (AvgIpc) is 2.26. The molecule has 0 aliphatic heterocycles. The first-order valence-electron chi connectivity index (χ1n) is 4.45. The van der Waals surface area contributed by atoms with E-state index < -0.39 is 17.5 Å². The summed E-state index contributed by atoms with van der Waals surface area (Å²) >= 11 is 0. The summed E-state index contributed by atoms with van der Waals surface area (Å²) in [6.07, 6.45) is -3.51. The number of rotatable bonds is 1. The molecule has 0 bridgehead atoms. The van der Waals surface area contributed by atoms with Gasteiger partial charge in [0.25, 0.3) is 5.78 Å². The normalized spacial score (nSPS) is 11.7. The fourth-order valence-electron chi connectivity index (χ4n) is 1.44. The van der Waals surface area contributed by atoms with E-state index in [2.05, 4.69) is 4.98 Å². The number of benzene rings is 1. The number of ketones is 1. The van der Waals surface area contributed by atoms with Crippen LogP contribution in [0.15, 0.2) is 36.5 Å². The third kappa shape index (κ3) is 1.76. The van der Waals surface area contributed by atoms with Crippen molar-refractivity contribution in [3.05, 3.63) is 42.1 Å². The second-order valence-corrected chi connectivity index (χ2v) is 3.21. The number of fused-ring (bicyclic) bond motifs is 1. The number of hydrogen-bond acceptors (Lipinski definition) is 2. The van der Waals surface area contributed by atoms with Crippen molar-refractivity contribution in [2.45, 2.75) is 6.18 Å². The molecule has 0 amide bonds. The molecule has 82 valence electrons. The Labute approximate surface area is 88.7 Å². The molecule has 0 N–H and O–H groups in total. The van der Waals surface area contributed by atoms with Crippen LogP contribution in [0, 0.1) is 0 Å². The van der Waals surface area contributed by atoms with Gasteiger partial charge in [-0.2, -0.15) is 13.2 Å². The minimum atomic E-state index is -4.87. The Morgan fingerprint density at radius 1 is 1.12 bits per heavy atom. The molecular weight excluding hydrogens is 219 g/mol. The number of carbonyl (C=O) groups excluding carboxylic acids is 1. The highest BCUT2D eigenvalue weighted by Gasteiger charge is 2.40. The number of Topliss-reactive ketones (excluding diaryl/α,β-unsaturated/α-hetero) is 1. The lowest BCUT2D eigenvalue weighted by molar-refractivity contribution is -0.0884. The molecule has 0 saturated carbocycles. The van der Waals surface area contributed by atoms with Crippen LogP contribution in [-0.2, 0) is 0 Å². The minimum Gasteiger partial charge on any atom is -0.284 e. The molecule has 0 fully saturated rings. The Hall–Kier alpha value is -1.91. The largest absolute Gasteiger partial charge is 0.454 e. The third-order valence-corrected chi connectivity index (χ3v) is 2.13. The van der Waals surface area contributed by atoms with Crippen LogP contribution in [0.1, 0.15) is 10.4 Å². The highest BCUT2D eigenvalue weighted by molar-refractivity contribution is 6.09. The molecule has 2 rings (SSSR count). The van der Waals surface area contributed by atoms with E-state index in [1.54, 1.807) is 18.2 Å². The van der Waals surface area contributed by atoms with E-state index in [1.807, 2.05) is 0 Å². The maximum atomic E-state index is 12.3. The van der Waals surface area contributed by atoms with Crippen molar-refractivity contribution >= 4 is 16.7 Å². The van der Waals surface area contributed by atoms with Gasteiger partial charge in [0.2, 0.25) is 0 Å². The molecular formula is C11H6F3NO. The summed E-state index contributed by atoms with van der Waals surface area (Å²) in [5, 5.41) is 0.512. The van der Waals surface area contributed by atoms with Crippen molar-refractivity contribution in [2.24, 2.45) is 0 Å². The Morgan fingerprint density at radius 2 is 1.81 bits per heavy atom. The molecule has 1 heterocycles. The summed E-state index contributed by atoms with van der Waals surface area (Å²) in [6, 6.07) is 7.35. The molecule has 1 aromatic heterocycles. The quantitative estimate of drug-likeness (QED) is 0.698. The monoisotopic (exact) mass is 225 g/mol. The highest BCUT2D eigenvalue weighted by atomic mass is 19.4. The lowest BCUT2D eigenvalue weighted by atomic mass is 10.1. The molecule has 0 spiro atoms. The van der Waals surface area contributed by atoms with Crippen LogP contribution in [-0.4, -0.2) is 16.9 Å². The van der Waals surface area contributed by atoms with Crippen molar-refractivity contribution in [3.8, 4) is 0 Å². The molecule has 0 atom stereocenters. The first kappa shape index (κ1) is 10.6. The van der Waals surface area contributed by atoms with Gasteiger partial charge in [0, 0.05) is 11.6 Å². The standard InChI is InChI=1S/C11H6F3NO/c12-11(13,14)10(16)8-5-1-3-7-4-2-6-15-9(7)8/h1-6H. The second-order valence-electron chi connectivity index (χ2n) is 3.21. The average molecular weight is 225 g/mol. The fraction of sp³-hybridized carbons (Fsp3) is 0.0909. The van der Waals surface area contributed by atoms with Gasteiger partial charge >= 0.3 is 6.18 Å². The Kier molecular flexibility index (Phi) is 2.38. The Bertz CT molecular complexity index is 543. The molecule has 16 heavy (non-hydrogen) atoms. The number of halogens is 3. The van der Waals surface area contributed by atoms with Crippen molar-refractivity contribution < 1.29 is 18.0 Å². The first-order chi connectivity index (χ1) is 7.50. The van der Waals surface area contributed by atoms with E-state index in [4.69, 9.17) is 0 Å². The number of aromatic nitrogens is 1. The minimum absolute atomic E-state index is 0.0762. The van der Waals surface area contributed by atoms with Gasteiger partial charge in [-0.15, -0.1) is 0 Å². The summed E-state index contributed by atoms with van der Waals surface area (Å²) in [6.45, 7) is 0. The van der Waals surface area contributed by atoms with Gasteiger partial charge in [0.1, 0.15) is 0 Å². The molecule has 0 aliphatic carbocycles. The van der Waals surface area contributed by atoms with E-state index in [0.717, 1.165) is 6.07 Å². The van der Waals surface area contributed by atoms with Gasteiger partial charge in [0.15, 0.2) is 0 Å². The molecule has 0 radical (unpaired) electrons. The summed E-state index contributed by atoms with van der Waals surface area (Å²) < 4.78 is 36.9. The molecule has 5 heteroatoms. The van der Waals surface area contributed by atoms with Crippen molar-refractivity contribution in [1.29, 1.82) is 0 Å². The zero-order chi connectivity index (χ0) is 11.8. The lowest BCUT2D eigenvalue weighted by Crippen LogP contribution is -2.23. The SMILES string of the molecule is O=C(c1cccc2cccnc12)C(F)(F)F. The molecule has 2 aromatic rings. The first-order valence-corrected chi connectivity index (χ1v) is 4.45. The maximum Gasteiger partial charge on any atom is 0.454 e. The molecule has 0 saturated heterocycles. The van der Waals surface area contributed by atoms with Gasteiger partial charge in [-0.3, -0.25) is 9.78 Å². The van der Waals surface area contributed by atoms with Crippen LogP contribution in [0.3, 0.4) is 0 Å². The lowest BCUT2D eigenvalue weighted by Gasteiger charge is -2.07. The predicted molar refractivity (Wildman–Crippen MR) is 52.1 cm³/mol. The molecule has 1 aromatic carbocycles. The predicted octanol–water partition coefficient (Wildman–Crippen LogP) is 2.98. The van der Waals surface area contributed by atoms with Crippen molar-refractivity contribution in [2.75, 3.05) is 0 Å². The summed E-state index contributed by atoms with van der Waals surface area (Å²) in [4.78, 5) is 14.9. The van der Waals surface area contributed by atoms with Gasteiger partial charge in [-0.25, -0.2) is 0 Å². The zero-order valence-corrected chi connectivity index (χ0v) is 7.95. The van der Waals surface area contributed by atoms with Gasteiger partial charge in [-0.05, 0) is 12.1 Å². The molecule has 2 nitrogen and oxygen atoms in total. The van der Waals surface area contributed by atoms with Crippen molar-refractivity contribution in [1.82, 2.24) is 4.98 Å². The summed E-state index contributed by atoms with van der Waals surface area (Å²) in [5.41, 5.74) is -0.335. The van der Waals surface area contributed by atoms with Gasteiger partial charge in [-0.1, -0.05) is 18.2 Å². The van der Waals surface area contributed by atoms with Gasteiger partial charge in [0.05, 0.1) is 11.1 Å². The van der Waals surface area contributed by atoms with Gasteiger partial charge < -0.3 is 0 Å². The zero-order valence-electron chi connectivity index (χ0n) is 7.95. The van der Waals surface area contributed by atoms with Crippen LogP contribution < -0.4 is 0 Å². The third-order valence-electron chi connectivity index (χ3n) is 2.13. The van der Waals surface area contributed by atoms with Crippen LogP contribution in [0.2, 0.25) is 0 Å². The number of nitrogens with zero attached hydrogens (tertiary/aromatic N) is 1. The summed E-state index contributed by atoms with van der Waals surface area (Å²) in [7, 11) is 0. The van der Waals surface area contributed by atoms with Crippen molar-refractivity contribution in [3.63, 3.8) is 0 Å². The van der Waals surface area contributed by atoms with E-state index >= 15 is 0 Å². The van der Waals surface area contributed by atoms with E-state index in [0.29, 0.717) is 5.39 Å². The number of hydrogen-bond donors (Lipinski definition) is 0. The number of pyridine rings is 1. The van der Waals surface area contributed by atoms with Crippen LogP contribution in [0.4, 0.5) is 13.2 Å².